The molecule has 0 bridgehead atoms. The normalized spacial score (nSPS) is 21.8. The molecule has 0 saturated carbocycles. The Morgan fingerprint density at radius 1 is 0.682 bits per heavy atom. The number of hydrogen-bond donors (Lipinski definition) is 0. The molecule has 4 atom stereocenters. The Morgan fingerprint density at radius 3 is 1.32 bits per heavy atom. The van der Waals surface area contributed by atoms with E-state index in [1.54, 1.807) is 70.5 Å². The molecule has 0 N–H and O–H groups in total. The van der Waals surface area contributed by atoms with Crippen molar-refractivity contribution in [2.24, 2.45) is 0 Å². The number of carbonyl (C=O) groups excluding carboxylic acids is 2. The van der Waals surface area contributed by atoms with Gasteiger partial charge in [0, 0.05) is 66.2 Å². The second kappa shape index (κ2) is 14.9. The fourth-order valence-corrected chi connectivity index (χ4v) is 5.80. The summed E-state index contributed by atoms with van der Waals surface area (Å²) in [5.74, 6) is -0.485. The molecule has 2 aliphatic rings. The number of benzene rings is 2. The second-order valence-corrected chi connectivity index (χ2v) is 11.0. The summed E-state index contributed by atoms with van der Waals surface area (Å²) in [5, 5.41) is 0. The zero-order valence-corrected chi connectivity index (χ0v) is 25.2. The summed E-state index contributed by atoms with van der Waals surface area (Å²) < 4.78 is 90.2. The highest BCUT2D eigenvalue weighted by Crippen LogP contribution is 2.34. The van der Waals surface area contributed by atoms with Crippen molar-refractivity contribution in [3.63, 3.8) is 0 Å². The van der Waals surface area contributed by atoms with Crippen LogP contribution in [0.2, 0.25) is 0 Å². The number of alkyl halides is 6. The second-order valence-electron chi connectivity index (χ2n) is 11.0. The van der Waals surface area contributed by atoms with E-state index in [1.807, 2.05) is 0 Å². The van der Waals surface area contributed by atoms with Gasteiger partial charge in [0.2, 0.25) is 11.8 Å². The van der Waals surface area contributed by atoms with Gasteiger partial charge in [0.1, 0.15) is 0 Å². The molecular weight excluding hydrogens is 614 g/mol. The van der Waals surface area contributed by atoms with E-state index in [4.69, 9.17) is 4.74 Å². The van der Waals surface area contributed by atoms with E-state index in [0.29, 0.717) is 0 Å². The van der Waals surface area contributed by atoms with Crippen LogP contribution in [0.3, 0.4) is 0 Å². The summed E-state index contributed by atoms with van der Waals surface area (Å²) in [6, 6.07) is 16.5. The van der Waals surface area contributed by atoms with Gasteiger partial charge in [-0.05, 0) is 11.1 Å². The summed E-state index contributed by atoms with van der Waals surface area (Å²) in [5.41, 5.74) is 1.44. The number of carbonyl (C=O) groups is 2. The number of rotatable bonds is 8. The predicted octanol–water partition coefficient (Wildman–Crippen LogP) is 5.10. The number of nitrogens with zero attached hydrogens (tertiary/aromatic N) is 4. The number of hydrogen-bond acceptors (Lipinski definition) is 5. The molecule has 0 aromatic heterocycles. The lowest BCUT2D eigenvalue weighted by Crippen LogP contribution is -2.57. The Morgan fingerprint density at radius 2 is 1.02 bits per heavy atom. The summed E-state index contributed by atoms with van der Waals surface area (Å²) in [4.78, 5) is 30.4. The van der Waals surface area contributed by atoms with E-state index in [9.17, 15) is 35.9 Å². The molecule has 2 aliphatic heterocycles. The van der Waals surface area contributed by atoms with Crippen LogP contribution in [0.15, 0.2) is 60.7 Å². The van der Waals surface area contributed by atoms with E-state index in [-0.39, 0.29) is 63.5 Å². The number of ether oxygens (including phenoxy) is 1. The molecule has 2 aromatic rings. The summed E-state index contributed by atoms with van der Waals surface area (Å²) in [6.45, 7) is 1.53. The third-order valence-electron chi connectivity index (χ3n) is 8.01. The number of halogens is 7. The maximum absolute atomic E-state index is 14.2. The summed E-state index contributed by atoms with van der Waals surface area (Å²) >= 11 is 0. The molecule has 2 unspecified atom stereocenters. The summed E-state index contributed by atoms with van der Waals surface area (Å²) in [7, 11) is 0. The van der Waals surface area contributed by atoms with E-state index < -0.39 is 49.7 Å². The topological polar surface area (TPSA) is 56.3 Å². The van der Waals surface area contributed by atoms with Crippen LogP contribution < -0.4 is 0 Å². The van der Waals surface area contributed by atoms with E-state index in [2.05, 4.69) is 0 Å². The van der Waals surface area contributed by atoms with Crippen molar-refractivity contribution in [3.05, 3.63) is 71.8 Å². The van der Waals surface area contributed by atoms with Gasteiger partial charge in [0.15, 0.2) is 12.2 Å². The van der Waals surface area contributed by atoms with Crippen molar-refractivity contribution in [2.75, 3.05) is 52.4 Å². The van der Waals surface area contributed by atoms with Gasteiger partial charge in [0.05, 0.1) is 12.1 Å². The Balaban J connectivity index is 0.00000529. The van der Waals surface area contributed by atoms with E-state index >= 15 is 0 Å². The van der Waals surface area contributed by atoms with Crippen LogP contribution in [0, 0.1) is 0 Å². The van der Waals surface area contributed by atoms with Crippen molar-refractivity contribution in [3.8, 4) is 0 Å². The molecule has 244 valence electrons. The van der Waals surface area contributed by atoms with E-state index in [1.165, 1.54) is 23.6 Å². The Hall–Kier alpha value is -2.87. The largest absolute Gasteiger partial charge is 0.415 e. The third kappa shape index (κ3) is 9.09. The quantitative estimate of drug-likeness (QED) is 0.373. The molecule has 2 amide bonds. The van der Waals surface area contributed by atoms with E-state index in [0.717, 1.165) is 11.1 Å². The molecule has 0 spiro atoms. The van der Waals surface area contributed by atoms with Gasteiger partial charge in [-0.1, -0.05) is 60.7 Å². The van der Waals surface area contributed by atoms with Crippen molar-refractivity contribution in [2.45, 2.75) is 50.5 Å². The van der Waals surface area contributed by atoms with Crippen LogP contribution in [0.25, 0.3) is 0 Å². The van der Waals surface area contributed by atoms with Crippen LogP contribution in [0.1, 0.15) is 37.1 Å². The molecule has 7 nitrogen and oxygen atoms in total. The first-order chi connectivity index (χ1) is 20.2. The highest BCUT2D eigenvalue weighted by molar-refractivity contribution is 5.85. The smallest absolute Gasteiger partial charge is 0.353 e. The van der Waals surface area contributed by atoms with Crippen LogP contribution in [0.4, 0.5) is 26.3 Å². The van der Waals surface area contributed by atoms with Crippen molar-refractivity contribution >= 4 is 24.2 Å². The van der Waals surface area contributed by atoms with Crippen LogP contribution in [0.5, 0.6) is 0 Å². The molecule has 2 fully saturated rings. The average Bonchev–Trinajstić information content (AvgIpc) is 2.96. The number of amides is 2. The van der Waals surface area contributed by atoms with Crippen molar-refractivity contribution < 1.29 is 40.7 Å². The maximum Gasteiger partial charge on any atom is 0.415 e. The minimum absolute atomic E-state index is 0. The first-order valence-corrected chi connectivity index (χ1v) is 14.1. The Bertz CT molecular complexity index is 1130. The molecule has 2 heterocycles. The zero-order valence-electron chi connectivity index (χ0n) is 24.4. The molecule has 44 heavy (non-hydrogen) atoms. The minimum atomic E-state index is -5.07. The molecule has 2 aromatic carbocycles. The monoisotopic (exact) mass is 650 g/mol. The standard InChI is InChI=1S/C30H36F6N4O3.ClH/c1-21(41)39-15-13-37(17-25(39)23-9-5-3-6-10-23)19-27(29(31,32)33)43-28(30(34,35)36)20-38-14-16-40(22(2)42)26(18-38)24-11-7-4-8-12-24;/h3-12,25-28H,13-20H2,1-2H3;1H/t25?,26?,27-,28-;/m0./s1. The van der Waals surface area contributed by atoms with Crippen molar-refractivity contribution in [1.29, 1.82) is 0 Å². The Labute approximate surface area is 259 Å². The molecular formula is C30H37ClF6N4O3. The molecule has 14 heteroatoms. The SMILES string of the molecule is CC(=O)N1CCN(C[C@H](O[C@@H](CN2CCN(C(C)=O)C(c3ccccc3)C2)C(F)(F)F)C(F)(F)F)CC1c1ccccc1.Cl. The first-order valence-electron chi connectivity index (χ1n) is 14.1. The lowest BCUT2D eigenvalue weighted by atomic mass is 10.0. The number of piperazine rings is 2. The maximum atomic E-state index is 14.2. The van der Waals surface area contributed by atoms with Gasteiger partial charge < -0.3 is 14.5 Å². The lowest BCUT2D eigenvalue weighted by molar-refractivity contribution is -0.291. The van der Waals surface area contributed by atoms with Crippen molar-refractivity contribution in [1.82, 2.24) is 19.6 Å². The highest BCUT2D eigenvalue weighted by Gasteiger charge is 2.50. The summed E-state index contributed by atoms with van der Waals surface area (Å²) in [6.07, 6.45) is -15.5. The molecule has 4 rings (SSSR count). The fraction of sp³-hybridized carbons (Fsp3) is 0.533. The highest BCUT2D eigenvalue weighted by atomic mass is 35.5. The average molecular weight is 651 g/mol. The minimum Gasteiger partial charge on any atom is -0.353 e. The molecule has 2 saturated heterocycles. The lowest BCUT2D eigenvalue weighted by Gasteiger charge is -2.44. The predicted molar refractivity (Wildman–Crippen MR) is 154 cm³/mol. The van der Waals surface area contributed by atoms with Gasteiger partial charge in [-0.3, -0.25) is 19.4 Å². The van der Waals surface area contributed by atoms with Gasteiger partial charge in [-0.25, -0.2) is 0 Å². The molecule has 0 radical (unpaired) electrons. The van der Waals surface area contributed by atoms with Gasteiger partial charge >= 0.3 is 12.4 Å². The van der Waals surface area contributed by atoms with Crippen LogP contribution in [-0.4, -0.2) is 108 Å². The Kier molecular flexibility index (Phi) is 12.1. The van der Waals surface area contributed by atoms with Crippen LogP contribution in [-0.2, 0) is 14.3 Å². The fourth-order valence-electron chi connectivity index (χ4n) is 5.80. The van der Waals surface area contributed by atoms with Gasteiger partial charge in [-0.15, -0.1) is 12.4 Å². The van der Waals surface area contributed by atoms with Gasteiger partial charge in [-0.2, -0.15) is 26.3 Å². The first kappa shape index (κ1) is 35.6. The van der Waals surface area contributed by atoms with Gasteiger partial charge in [0.25, 0.3) is 0 Å². The molecule has 0 aliphatic carbocycles. The van der Waals surface area contributed by atoms with Crippen LogP contribution >= 0.6 is 12.4 Å². The third-order valence-corrected chi connectivity index (χ3v) is 8.01. The zero-order chi connectivity index (χ0) is 31.4.